The number of nitrogens with one attached hydrogen (secondary N) is 2. The molecule has 0 amide bonds. The van der Waals surface area contributed by atoms with Crippen LogP contribution in [0, 0.1) is 12.8 Å². The van der Waals surface area contributed by atoms with E-state index in [4.69, 9.17) is 0 Å². The Morgan fingerprint density at radius 2 is 2.19 bits per heavy atom. The molecule has 1 saturated carbocycles. The zero-order valence-electron chi connectivity index (χ0n) is 10.2. The fourth-order valence-corrected chi connectivity index (χ4v) is 1.98. The maximum Gasteiger partial charge on any atom is 0.224 e. The second-order valence-electron chi connectivity index (χ2n) is 4.60. The Hall–Kier alpha value is -1.32. The topological polar surface area (TPSA) is 49.8 Å². The lowest BCUT2D eigenvalue weighted by Crippen LogP contribution is -2.31. The van der Waals surface area contributed by atoms with Crippen LogP contribution in [0.1, 0.15) is 31.7 Å². The Morgan fingerprint density at radius 1 is 1.44 bits per heavy atom. The van der Waals surface area contributed by atoms with Crippen LogP contribution in [-0.4, -0.2) is 23.1 Å². The van der Waals surface area contributed by atoms with Crippen LogP contribution in [0.2, 0.25) is 0 Å². The normalized spacial score (nSPS) is 17.7. The number of aromatic nitrogens is 2. The lowest BCUT2D eigenvalue weighted by molar-refractivity contribution is 0.285. The largest absolute Gasteiger partial charge is 0.367 e. The number of rotatable bonds is 4. The minimum atomic E-state index is 0.507. The maximum atomic E-state index is 4.44. The van der Waals surface area contributed by atoms with Crippen LogP contribution in [-0.2, 0) is 0 Å². The van der Waals surface area contributed by atoms with Crippen LogP contribution in [0.5, 0.6) is 0 Å². The predicted octanol–water partition coefficient (Wildman–Crippen LogP) is 2.43. The third-order valence-electron chi connectivity index (χ3n) is 3.42. The molecule has 2 rings (SSSR count). The third-order valence-corrected chi connectivity index (χ3v) is 3.42. The summed E-state index contributed by atoms with van der Waals surface area (Å²) in [6, 6.07) is 0.507. The molecule has 0 saturated heterocycles. The molecule has 1 unspecified atom stereocenters. The molecule has 0 bridgehead atoms. The van der Waals surface area contributed by atoms with Crippen molar-refractivity contribution in [3.8, 4) is 0 Å². The van der Waals surface area contributed by atoms with Gasteiger partial charge in [0.25, 0.3) is 0 Å². The average Bonchev–Trinajstić information content (AvgIpc) is 2.18. The molecule has 1 aliphatic carbocycles. The highest BCUT2D eigenvalue weighted by Crippen LogP contribution is 2.31. The minimum absolute atomic E-state index is 0.507. The van der Waals surface area contributed by atoms with E-state index in [9.17, 15) is 0 Å². The first-order chi connectivity index (χ1) is 7.70. The van der Waals surface area contributed by atoms with Crippen LogP contribution in [0.15, 0.2) is 6.20 Å². The second-order valence-corrected chi connectivity index (χ2v) is 4.60. The lowest BCUT2D eigenvalue weighted by Gasteiger charge is -2.32. The summed E-state index contributed by atoms with van der Waals surface area (Å²) in [5, 5.41) is 6.46. The first-order valence-corrected chi connectivity index (χ1v) is 5.98. The van der Waals surface area contributed by atoms with Crippen LogP contribution in [0.4, 0.5) is 11.8 Å². The van der Waals surface area contributed by atoms with Crippen molar-refractivity contribution in [2.45, 2.75) is 39.2 Å². The van der Waals surface area contributed by atoms with Gasteiger partial charge in [-0.2, -0.15) is 4.98 Å². The molecule has 0 spiro atoms. The van der Waals surface area contributed by atoms with E-state index in [2.05, 4.69) is 27.5 Å². The van der Waals surface area contributed by atoms with Crippen molar-refractivity contribution in [2.75, 3.05) is 17.7 Å². The molecule has 1 aromatic rings. The minimum Gasteiger partial charge on any atom is -0.367 e. The Balaban J connectivity index is 2.06. The first kappa shape index (κ1) is 11.2. The van der Waals surface area contributed by atoms with Gasteiger partial charge < -0.3 is 10.6 Å². The molecule has 0 aliphatic heterocycles. The summed E-state index contributed by atoms with van der Waals surface area (Å²) < 4.78 is 0. The zero-order valence-corrected chi connectivity index (χ0v) is 10.2. The highest BCUT2D eigenvalue weighted by molar-refractivity contribution is 5.46. The smallest absolute Gasteiger partial charge is 0.224 e. The molecule has 1 heterocycles. The number of anilines is 2. The first-order valence-electron chi connectivity index (χ1n) is 5.98. The highest BCUT2D eigenvalue weighted by Gasteiger charge is 2.24. The van der Waals surface area contributed by atoms with Crippen molar-refractivity contribution in [3.63, 3.8) is 0 Å². The summed E-state index contributed by atoms with van der Waals surface area (Å²) in [6.07, 6.45) is 5.92. The Kier molecular flexibility index (Phi) is 3.27. The molecular formula is C12H20N4. The molecule has 2 N–H and O–H groups in total. The summed E-state index contributed by atoms with van der Waals surface area (Å²) in [5.41, 5.74) is 1.10. The number of aryl methyl sites for hydroxylation is 1. The molecule has 0 radical (unpaired) electrons. The molecule has 1 aliphatic rings. The van der Waals surface area contributed by atoms with E-state index in [1.165, 1.54) is 19.3 Å². The van der Waals surface area contributed by atoms with Crippen molar-refractivity contribution in [2.24, 2.45) is 5.92 Å². The van der Waals surface area contributed by atoms with Gasteiger partial charge in [-0.15, -0.1) is 0 Å². The number of hydrogen-bond acceptors (Lipinski definition) is 4. The van der Waals surface area contributed by atoms with Crippen LogP contribution in [0.3, 0.4) is 0 Å². The molecule has 16 heavy (non-hydrogen) atoms. The van der Waals surface area contributed by atoms with E-state index in [-0.39, 0.29) is 0 Å². The molecule has 4 heteroatoms. The standard InChI is InChI=1S/C12H20N4/c1-8-7-14-12(13-3)16-11(8)15-9(2)10-5-4-6-10/h7,9-10H,4-6H2,1-3H3,(H2,13,14,15,16). The van der Waals surface area contributed by atoms with E-state index in [1.54, 1.807) is 0 Å². The molecule has 1 atom stereocenters. The van der Waals surface area contributed by atoms with Gasteiger partial charge in [-0.05, 0) is 32.6 Å². The third kappa shape index (κ3) is 2.26. The average molecular weight is 220 g/mol. The van der Waals surface area contributed by atoms with E-state index < -0.39 is 0 Å². The highest BCUT2D eigenvalue weighted by atomic mass is 15.1. The van der Waals surface area contributed by atoms with Gasteiger partial charge in [-0.1, -0.05) is 6.42 Å². The van der Waals surface area contributed by atoms with Crippen LogP contribution in [0.25, 0.3) is 0 Å². The zero-order chi connectivity index (χ0) is 11.5. The van der Waals surface area contributed by atoms with Gasteiger partial charge in [-0.3, -0.25) is 0 Å². The monoisotopic (exact) mass is 220 g/mol. The van der Waals surface area contributed by atoms with Gasteiger partial charge in [0.2, 0.25) is 5.95 Å². The van der Waals surface area contributed by atoms with Crippen molar-refractivity contribution in [1.82, 2.24) is 9.97 Å². The van der Waals surface area contributed by atoms with Gasteiger partial charge in [0.1, 0.15) is 5.82 Å². The SMILES string of the molecule is CNc1ncc(C)c(NC(C)C2CCC2)n1. The molecule has 1 fully saturated rings. The van der Waals surface area contributed by atoms with Crippen molar-refractivity contribution in [1.29, 1.82) is 0 Å². The maximum absolute atomic E-state index is 4.44. The molecule has 88 valence electrons. The summed E-state index contributed by atoms with van der Waals surface area (Å²) >= 11 is 0. The van der Waals surface area contributed by atoms with Gasteiger partial charge >= 0.3 is 0 Å². The molecular weight excluding hydrogens is 200 g/mol. The van der Waals surface area contributed by atoms with E-state index in [1.807, 2.05) is 20.2 Å². The summed E-state index contributed by atoms with van der Waals surface area (Å²) in [6.45, 7) is 4.28. The summed E-state index contributed by atoms with van der Waals surface area (Å²) in [7, 11) is 1.84. The van der Waals surface area contributed by atoms with Crippen LogP contribution < -0.4 is 10.6 Å². The van der Waals surface area contributed by atoms with E-state index in [0.717, 1.165) is 17.3 Å². The van der Waals surface area contributed by atoms with Gasteiger partial charge in [0.15, 0.2) is 0 Å². The van der Waals surface area contributed by atoms with E-state index in [0.29, 0.717) is 12.0 Å². The summed E-state index contributed by atoms with van der Waals surface area (Å²) in [5.74, 6) is 2.44. The summed E-state index contributed by atoms with van der Waals surface area (Å²) in [4.78, 5) is 8.62. The second kappa shape index (κ2) is 4.68. The fraction of sp³-hybridized carbons (Fsp3) is 0.667. The Bertz CT molecular complexity index is 360. The van der Waals surface area contributed by atoms with Gasteiger partial charge in [0.05, 0.1) is 0 Å². The molecule has 1 aromatic heterocycles. The fourth-order valence-electron chi connectivity index (χ4n) is 1.98. The van der Waals surface area contributed by atoms with E-state index >= 15 is 0 Å². The van der Waals surface area contributed by atoms with Gasteiger partial charge in [-0.25, -0.2) is 4.98 Å². The van der Waals surface area contributed by atoms with Crippen molar-refractivity contribution in [3.05, 3.63) is 11.8 Å². The van der Waals surface area contributed by atoms with Crippen LogP contribution >= 0.6 is 0 Å². The van der Waals surface area contributed by atoms with Gasteiger partial charge in [0, 0.05) is 24.8 Å². The number of hydrogen-bond donors (Lipinski definition) is 2. The van der Waals surface area contributed by atoms with Crippen molar-refractivity contribution >= 4 is 11.8 Å². The molecule has 0 aromatic carbocycles. The number of nitrogens with zero attached hydrogens (tertiary/aromatic N) is 2. The quantitative estimate of drug-likeness (QED) is 0.818. The Labute approximate surface area is 96.9 Å². The predicted molar refractivity (Wildman–Crippen MR) is 66.7 cm³/mol. The molecule has 4 nitrogen and oxygen atoms in total. The lowest BCUT2D eigenvalue weighted by atomic mass is 9.80. The Morgan fingerprint density at radius 3 is 2.75 bits per heavy atom. The van der Waals surface area contributed by atoms with Crippen molar-refractivity contribution < 1.29 is 0 Å².